The number of halogens is 1. The van der Waals surface area contributed by atoms with E-state index >= 15 is 0 Å². The van der Waals surface area contributed by atoms with Gasteiger partial charge < -0.3 is 10.3 Å². The van der Waals surface area contributed by atoms with Gasteiger partial charge in [0.05, 0.1) is 5.88 Å². The average Bonchev–Trinajstić information content (AvgIpc) is 2.18. The van der Waals surface area contributed by atoms with Gasteiger partial charge in [-0.15, -0.1) is 11.6 Å². The third-order valence-electron chi connectivity index (χ3n) is 2.13. The second-order valence-corrected chi connectivity index (χ2v) is 3.66. The first-order valence-corrected chi connectivity index (χ1v) is 5.13. The Labute approximate surface area is 86.5 Å². The number of hydrogen-bond donors (Lipinski definition) is 2. The van der Waals surface area contributed by atoms with Gasteiger partial charge in [0.25, 0.3) is 0 Å². The van der Waals surface area contributed by atoms with E-state index in [1.54, 1.807) is 0 Å². The van der Waals surface area contributed by atoms with Crippen molar-refractivity contribution >= 4 is 23.8 Å². The average molecular weight is 216 g/mol. The topological polar surface area (TPSA) is 40.7 Å². The summed E-state index contributed by atoms with van der Waals surface area (Å²) in [6.45, 7) is 1.81. The number of nitrogens with one attached hydrogen (secondary N) is 2. The van der Waals surface area contributed by atoms with Crippen LogP contribution < -0.4 is 5.32 Å². The van der Waals surface area contributed by atoms with Crippen molar-refractivity contribution in [3.05, 3.63) is 21.7 Å². The van der Waals surface area contributed by atoms with Crippen LogP contribution in [0.2, 0.25) is 0 Å². The van der Waals surface area contributed by atoms with Crippen LogP contribution in [-0.2, 0) is 18.8 Å². The first-order chi connectivity index (χ1) is 6.31. The zero-order chi connectivity index (χ0) is 9.26. The summed E-state index contributed by atoms with van der Waals surface area (Å²) in [5.74, 6) is 1.16. The highest BCUT2D eigenvalue weighted by Crippen LogP contribution is 2.12. The molecule has 0 saturated carbocycles. The molecule has 0 spiro atoms. The van der Waals surface area contributed by atoms with E-state index in [1.165, 1.54) is 5.69 Å². The van der Waals surface area contributed by atoms with Crippen LogP contribution >= 0.6 is 23.8 Å². The van der Waals surface area contributed by atoms with E-state index in [-0.39, 0.29) is 0 Å². The SMILES string of the molecule is S=c1nc(CCl)[nH]c2c1CNCC2. The summed E-state index contributed by atoms with van der Waals surface area (Å²) in [5.41, 5.74) is 2.31. The maximum absolute atomic E-state index is 5.69. The number of hydrogen-bond acceptors (Lipinski definition) is 3. The molecule has 13 heavy (non-hydrogen) atoms. The molecule has 0 bridgehead atoms. The van der Waals surface area contributed by atoms with Crippen LogP contribution in [0.3, 0.4) is 0 Å². The molecule has 0 radical (unpaired) electrons. The lowest BCUT2D eigenvalue weighted by molar-refractivity contribution is 0.620. The van der Waals surface area contributed by atoms with Gasteiger partial charge in [-0.25, -0.2) is 4.98 Å². The molecule has 1 aromatic heterocycles. The fraction of sp³-hybridized carbons (Fsp3) is 0.500. The van der Waals surface area contributed by atoms with E-state index < -0.39 is 0 Å². The third-order valence-corrected chi connectivity index (χ3v) is 2.73. The van der Waals surface area contributed by atoms with Crippen LogP contribution in [0.1, 0.15) is 17.1 Å². The molecule has 2 rings (SSSR count). The summed E-state index contributed by atoms with van der Waals surface area (Å²) < 4.78 is 0.677. The number of nitrogens with zero attached hydrogens (tertiary/aromatic N) is 1. The lowest BCUT2D eigenvalue weighted by atomic mass is 10.1. The number of aromatic nitrogens is 2. The van der Waals surface area contributed by atoms with E-state index in [0.29, 0.717) is 10.5 Å². The minimum absolute atomic E-state index is 0.393. The van der Waals surface area contributed by atoms with Crippen LogP contribution in [0.25, 0.3) is 0 Å². The highest BCUT2D eigenvalue weighted by molar-refractivity contribution is 7.71. The number of fused-ring (bicyclic) bond motifs is 1. The zero-order valence-electron chi connectivity index (χ0n) is 7.06. The van der Waals surface area contributed by atoms with Gasteiger partial charge in [0.2, 0.25) is 0 Å². The Morgan fingerprint density at radius 1 is 1.54 bits per heavy atom. The maximum atomic E-state index is 5.69. The number of rotatable bonds is 1. The largest absolute Gasteiger partial charge is 0.346 e. The predicted molar refractivity (Wildman–Crippen MR) is 54.4 cm³/mol. The molecule has 5 heteroatoms. The van der Waals surface area contributed by atoms with Crippen molar-refractivity contribution in [2.24, 2.45) is 0 Å². The van der Waals surface area contributed by atoms with Gasteiger partial charge in [0.1, 0.15) is 10.5 Å². The van der Waals surface area contributed by atoms with E-state index in [4.69, 9.17) is 23.8 Å². The minimum atomic E-state index is 0.393. The minimum Gasteiger partial charge on any atom is -0.346 e. The van der Waals surface area contributed by atoms with Crippen LogP contribution in [0, 0.1) is 4.64 Å². The van der Waals surface area contributed by atoms with Crippen molar-refractivity contribution in [1.82, 2.24) is 15.3 Å². The van der Waals surface area contributed by atoms with Crippen molar-refractivity contribution in [3.63, 3.8) is 0 Å². The Bertz CT molecular complexity index is 374. The number of aromatic amines is 1. The van der Waals surface area contributed by atoms with Crippen molar-refractivity contribution in [3.8, 4) is 0 Å². The maximum Gasteiger partial charge on any atom is 0.134 e. The standard InChI is InChI=1S/C8H10ClN3S/c9-3-7-11-6-1-2-10-4-5(6)8(13)12-7/h10H,1-4H2,(H,11,12,13). The highest BCUT2D eigenvalue weighted by atomic mass is 35.5. The molecule has 0 amide bonds. The van der Waals surface area contributed by atoms with Crippen LogP contribution in [-0.4, -0.2) is 16.5 Å². The zero-order valence-corrected chi connectivity index (χ0v) is 8.63. The third kappa shape index (κ3) is 1.75. The Morgan fingerprint density at radius 2 is 2.38 bits per heavy atom. The quantitative estimate of drug-likeness (QED) is 0.552. The molecular weight excluding hydrogens is 206 g/mol. The normalized spacial score (nSPS) is 15.5. The van der Waals surface area contributed by atoms with Gasteiger partial charge in [-0.05, 0) is 0 Å². The first-order valence-electron chi connectivity index (χ1n) is 4.19. The van der Waals surface area contributed by atoms with Crippen molar-refractivity contribution in [2.75, 3.05) is 6.54 Å². The van der Waals surface area contributed by atoms with E-state index in [1.807, 2.05) is 0 Å². The Hall–Kier alpha value is -0.450. The Kier molecular flexibility index (Phi) is 2.62. The molecule has 0 saturated heterocycles. The summed E-state index contributed by atoms with van der Waals surface area (Å²) in [4.78, 5) is 7.40. The van der Waals surface area contributed by atoms with Crippen molar-refractivity contribution in [1.29, 1.82) is 0 Å². The first kappa shape index (κ1) is 9.12. The smallest absolute Gasteiger partial charge is 0.134 e. The highest BCUT2D eigenvalue weighted by Gasteiger charge is 2.11. The van der Waals surface area contributed by atoms with Crippen molar-refractivity contribution < 1.29 is 0 Å². The molecule has 1 aliphatic rings. The number of alkyl halides is 1. The lowest BCUT2D eigenvalue weighted by Gasteiger charge is -2.16. The van der Waals surface area contributed by atoms with Gasteiger partial charge in [0.15, 0.2) is 0 Å². The molecular formula is C8H10ClN3S. The van der Waals surface area contributed by atoms with Crippen LogP contribution in [0.5, 0.6) is 0 Å². The fourth-order valence-corrected chi connectivity index (χ4v) is 1.91. The molecule has 2 N–H and O–H groups in total. The van der Waals surface area contributed by atoms with E-state index in [0.717, 1.165) is 30.9 Å². The van der Waals surface area contributed by atoms with Crippen LogP contribution in [0.15, 0.2) is 0 Å². The summed E-state index contributed by atoms with van der Waals surface area (Å²) in [5, 5.41) is 3.26. The summed E-state index contributed by atoms with van der Waals surface area (Å²) >= 11 is 10.8. The summed E-state index contributed by atoms with van der Waals surface area (Å²) in [7, 11) is 0. The van der Waals surface area contributed by atoms with Gasteiger partial charge in [-0.3, -0.25) is 0 Å². The van der Waals surface area contributed by atoms with Gasteiger partial charge in [-0.2, -0.15) is 0 Å². The molecule has 1 aliphatic heterocycles. The Morgan fingerprint density at radius 3 is 3.15 bits per heavy atom. The summed E-state index contributed by atoms with van der Waals surface area (Å²) in [6.07, 6.45) is 0.978. The molecule has 2 heterocycles. The van der Waals surface area contributed by atoms with Crippen molar-refractivity contribution in [2.45, 2.75) is 18.8 Å². The lowest BCUT2D eigenvalue weighted by Crippen LogP contribution is -2.25. The second-order valence-electron chi connectivity index (χ2n) is 3.01. The van der Waals surface area contributed by atoms with E-state index in [2.05, 4.69) is 15.3 Å². The summed E-state index contributed by atoms with van der Waals surface area (Å²) in [6, 6.07) is 0. The Balaban J connectivity index is 2.53. The molecule has 0 fully saturated rings. The molecule has 70 valence electrons. The van der Waals surface area contributed by atoms with Gasteiger partial charge in [0, 0.05) is 30.8 Å². The van der Waals surface area contributed by atoms with Gasteiger partial charge in [-0.1, -0.05) is 12.2 Å². The molecule has 1 aromatic rings. The van der Waals surface area contributed by atoms with Gasteiger partial charge >= 0.3 is 0 Å². The van der Waals surface area contributed by atoms with Crippen LogP contribution in [0.4, 0.5) is 0 Å². The molecule has 0 aromatic carbocycles. The molecule has 0 atom stereocenters. The monoisotopic (exact) mass is 215 g/mol. The second kappa shape index (κ2) is 3.74. The molecule has 3 nitrogen and oxygen atoms in total. The predicted octanol–water partition coefficient (Wildman–Crippen LogP) is 1.52. The fourth-order valence-electron chi connectivity index (χ4n) is 1.48. The molecule has 0 aliphatic carbocycles. The van der Waals surface area contributed by atoms with E-state index in [9.17, 15) is 0 Å². The molecule has 0 unspecified atom stereocenters. The number of H-pyrrole nitrogens is 1.